The third-order valence-electron chi connectivity index (χ3n) is 3.75. The highest BCUT2D eigenvalue weighted by atomic mass is 79.9. The predicted molar refractivity (Wildman–Crippen MR) is 91.8 cm³/mol. The number of carbonyl (C=O) groups excluding carboxylic acids is 1. The van der Waals surface area contributed by atoms with Crippen LogP contribution in [0.2, 0.25) is 0 Å². The van der Waals surface area contributed by atoms with Gasteiger partial charge < -0.3 is 20.6 Å². The molecule has 0 radical (unpaired) electrons. The summed E-state index contributed by atoms with van der Waals surface area (Å²) in [5, 5.41) is 20.1. The van der Waals surface area contributed by atoms with Crippen molar-refractivity contribution in [1.82, 2.24) is 9.97 Å². The van der Waals surface area contributed by atoms with Gasteiger partial charge in [0.05, 0.1) is 33.8 Å². The average molecular weight is 375 g/mol. The van der Waals surface area contributed by atoms with E-state index < -0.39 is 0 Å². The Labute approximate surface area is 141 Å². The Morgan fingerprint density at radius 2 is 2.43 bits per heavy atom. The summed E-state index contributed by atoms with van der Waals surface area (Å²) in [6, 6.07) is 1.84. The molecule has 0 bridgehead atoms. The highest BCUT2D eigenvalue weighted by molar-refractivity contribution is 9.10. The number of amides is 1. The number of nitrogens with one attached hydrogen (secondary N) is 3. The maximum atomic E-state index is 11.8. The number of hydrogen-bond acceptors (Lipinski definition) is 5. The summed E-state index contributed by atoms with van der Waals surface area (Å²) in [6.07, 6.45) is 4.94. The first kappa shape index (κ1) is 15.5. The number of anilines is 2. The molecule has 0 saturated carbocycles. The van der Waals surface area contributed by atoms with Gasteiger partial charge in [0, 0.05) is 24.7 Å². The molecule has 1 aliphatic rings. The maximum Gasteiger partial charge on any atom is 0.238 e. The largest absolute Gasteiger partial charge is 0.364 e. The molecule has 1 aliphatic heterocycles. The molecule has 1 fully saturated rings. The first-order valence-electron chi connectivity index (χ1n) is 7.23. The molecule has 7 nitrogen and oxygen atoms in total. The van der Waals surface area contributed by atoms with E-state index in [0.717, 1.165) is 34.9 Å². The number of piperidine rings is 1. The quantitative estimate of drug-likeness (QED) is 0.766. The summed E-state index contributed by atoms with van der Waals surface area (Å²) in [4.78, 5) is 21.2. The van der Waals surface area contributed by atoms with Gasteiger partial charge in [-0.15, -0.1) is 0 Å². The lowest BCUT2D eigenvalue weighted by atomic mass is 10.1. The van der Waals surface area contributed by atoms with Gasteiger partial charge in [0.15, 0.2) is 0 Å². The Morgan fingerprint density at radius 3 is 3.17 bits per heavy atom. The minimum atomic E-state index is -0.356. The molecule has 118 valence electrons. The average Bonchev–Trinajstić information content (AvgIpc) is 2.90. The molecule has 1 amide bonds. The Kier molecular flexibility index (Phi) is 4.30. The van der Waals surface area contributed by atoms with E-state index in [9.17, 15) is 4.79 Å². The van der Waals surface area contributed by atoms with Crippen molar-refractivity contribution >= 4 is 50.0 Å². The number of H-pyrrole nitrogens is 1. The number of nitriles is 1. The molecule has 3 rings (SSSR count). The number of pyridine rings is 1. The third-order valence-corrected chi connectivity index (χ3v) is 4.33. The molecule has 0 aromatic carbocycles. The number of hydrogen-bond donors (Lipinski definition) is 3. The Hall–Kier alpha value is -2.40. The van der Waals surface area contributed by atoms with E-state index in [-0.39, 0.29) is 12.3 Å². The molecule has 2 aromatic rings. The fourth-order valence-electron chi connectivity index (χ4n) is 2.79. The number of rotatable bonds is 3. The summed E-state index contributed by atoms with van der Waals surface area (Å²) in [5.41, 5.74) is 2.86. The molecule has 0 spiro atoms. The minimum absolute atomic E-state index is 0.197. The second kappa shape index (κ2) is 6.38. The van der Waals surface area contributed by atoms with Crippen LogP contribution < -0.4 is 10.2 Å². The SMILES string of the molecule is N#CCC(=O)Nc1c[nH]c2ncc(Br)c(N3CCCC(=N)C3)c12. The van der Waals surface area contributed by atoms with Crippen LogP contribution in [0.1, 0.15) is 19.3 Å². The highest BCUT2D eigenvalue weighted by Gasteiger charge is 2.22. The zero-order chi connectivity index (χ0) is 16.4. The van der Waals surface area contributed by atoms with Crippen LogP contribution in [0.25, 0.3) is 11.0 Å². The van der Waals surface area contributed by atoms with Crippen LogP contribution in [0.3, 0.4) is 0 Å². The van der Waals surface area contributed by atoms with Gasteiger partial charge in [-0.3, -0.25) is 4.79 Å². The van der Waals surface area contributed by atoms with Crippen molar-refractivity contribution in [3.63, 3.8) is 0 Å². The van der Waals surface area contributed by atoms with Gasteiger partial charge >= 0.3 is 0 Å². The smallest absolute Gasteiger partial charge is 0.238 e. The van der Waals surface area contributed by atoms with Crippen molar-refractivity contribution in [2.45, 2.75) is 19.3 Å². The monoisotopic (exact) mass is 374 g/mol. The van der Waals surface area contributed by atoms with Crippen molar-refractivity contribution in [3.05, 3.63) is 16.9 Å². The molecule has 3 N–H and O–H groups in total. The van der Waals surface area contributed by atoms with Crippen LogP contribution in [0.15, 0.2) is 16.9 Å². The van der Waals surface area contributed by atoms with Gasteiger partial charge in [-0.2, -0.15) is 5.26 Å². The van der Waals surface area contributed by atoms with Crippen molar-refractivity contribution < 1.29 is 4.79 Å². The summed E-state index contributed by atoms with van der Waals surface area (Å²) >= 11 is 3.54. The number of halogens is 1. The van der Waals surface area contributed by atoms with Crippen molar-refractivity contribution in [3.8, 4) is 6.07 Å². The van der Waals surface area contributed by atoms with Gasteiger partial charge in [0.1, 0.15) is 12.1 Å². The topological polar surface area (TPSA) is 109 Å². The van der Waals surface area contributed by atoms with Crippen LogP contribution in [-0.2, 0) is 4.79 Å². The van der Waals surface area contributed by atoms with E-state index in [0.29, 0.717) is 23.6 Å². The maximum absolute atomic E-state index is 11.8. The second-order valence-electron chi connectivity index (χ2n) is 5.39. The number of aromatic amines is 1. The Bertz CT molecular complexity index is 821. The molecule has 0 atom stereocenters. The van der Waals surface area contributed by atoms with Crippen LogP contribution in [0.4, 0.5) is 11.4 Å². The predicted octanol–water partition coefficient (Wildman–Crippen LogP) is 2.80. The lowest BCUT2D eigenvalue weighted by molar-refractivity contribution is -0.115. The summed E-state index contributed by atoms with van der Waals surface area (Å²) in [6.45, 7) is 1.41. The lowest BCUT2D eigenvalue weighted by Gasteiger charge is -2.30. The molecular weight excluding hydrogens is 360 g/mol. The van der Waals surface area contributed by atoms with E-state index >= 15 is 0 Å². The fraction of sp³-hybridized carbons (Fsp3) is 0.333. The summed E-state index contributed by atoms with van der Waals surface area (Å²) in [5.74, 6) is -0.356. The fourth-order valence-corrected chi connectivity index (χ4v) is 3.34. The molecule has 8 heteroatoms. The normalized spacial score (nSPS) is 14.8. The molecule has 23 heavy (non-hydrogen) atoms. The molecule has 1 saturated heterocycles. The number of carbonyl (C=O) groups is 1. The molecule has 3 heterocycles. The third kappa shape index (κ3) is 3.05. The zero-order valence-corrected chi connectivity index (χ0v) is 13.9. The van der Waals surface area contributed by atoms with Crippen molar-refractivity contribution in [1.29, 1.82) is 10.7 Å². The van der Waals surface area contributed by atoms with E-state index in [1.54, 1.807) is 12.4 Å². The second-order valence-corrected chi connectivity index (χ2v) is 6.25. The van der Waals surface area contributed by atoms with Crippen LogP contribution >= 0.6 is 15.9 Å². The van der Waals surface area contributed by atoms with Crippen LogP contribution in [0.5, 0.6) is 0 Å². The van der Waals surface area contributed by atoms with Crippen LogP contribution in [0, 0.1) is 16.7 Å². The molecule has 2 aromatic heterocycles. The standard InChI is InChI=1S/C15H15BrN6O/c16-10-6-19-15-13(11(7-20-15)21-12(23)3-4-17)14(10)22-5-1-2-9(18)8-22/h6-7,18H,1-3,5,8H2,(H,19,20)(H,21,23). The van der Waals surface area contributed by atoms with E-state index in [4.69, 9.17) is 10.7 Å². The van der Waals surface area contributed by atoms with Crippen molar-refractivity contribution in [2.75, 3.05) is 23.3 Å². The first-order valence-corrected chi connectivity index (χ1v) is 8.03. The van der Waals surface area contributed by atoms with Gasteiger partial charge in [-0.1, -0.05) is 0 Å². The molecule has 0 aliphatic carbocycles. The minimum Gasteiger partial charge on any atom is -0.364 e. The van der Waals surface area contributed by atoms with E-state index in [2.05, 4.69) is 36.1 Å². The lowest BCUT2D eigenvalue weighted by Crippen LogP contribution is -2.35. The van der Waals surface area contributed by atoms with E-state index in [1.165, 1.54) is 0 Å². The number of aromatic nitrogens is 2. The molecular formula is C15H15BrN6O. The van der Waals surface area contributed by atoms with E-state index in [1.807, 2.05) is 6.07 Å². The van der Waals surface area contributed by atoms with Gasteiger partial charge in [0.25, 0.3) is 0 Å². The van der Waals surface area contributed by atoms with Crippen LogP contribution in [-0.4, -0.2) is 34.7 Å². The van der Waals surface area contributed by atoms with Gasteiger partial charge in [0.2, 0.25) is 5.91 Å². The molecule has 0 unspecified atom stereocenters. The summed E-state index contributed by atoms with van der Waals surface area (Å²) in [7, 11) is 0. The Balaban J connectivity index is 2.07. The first-order chi connectivity index (χ1) is 11.1. The summed E-state index contributed by atoms with van der Waals surface area (Å²) < 4.78 is 0.815. The zero-order valence-electron chi connectivity index (χ0n) is 12.3. The van der Waals surface area contributed by atoms with Gasteiger partial charge in [-0.25, -0.2) is 4.98 Å². The van der Waals surface area contributed by atoms with Crippen molar-refractivity contribution in [2.24, 2.45) is 0 Å². The van der Waals surface area contributed by atoms with Gasteiger partial charge in [-0.05, 0) is 28.8 Å². The number of nitrogens with zero attached hydrogens (tertiary/aromatic N) is 3. The number of fused-ring (bicyclic) bond motifs is 1. The highest BCUT2D eigenvalue weighted by Crippen LogP contribution is 2.38. The Morgan fingerprint density at radius 1 is 1.61 bits per heavy atom.